The minimum atomic E-state index is -0.374. The SMILES string of the molecule is COC(=O)c1ccc([C@@H]2C[C@@H](OCC3CCC3)CCN2C(=O)OCc2ccccc2)cc1. The minimum Gasteiger partial charge on any atom is -0.465 e. The topological polar surface area (TPSA) is 65.1 Å². The normalized spacial score (nSPS) is 21.0. The number of piperidine rings is 1. The maximum atomic E-state index is 13.0. The van der Waals surface area contributed by atoms with Crippen LogP contribution in [0.5, 0.6) is 0 Å². The van der Waals surface area contributed by atoms with Gasteiger partial charge in [0.1, 0.15) is 6.61 Å². The number of carbonyl (C=O) groups is 2. The predicted molar refractivity (Wildman–Crippen MR) is 120 cm³/mol. The van der Waals surface area contributed by atoms with Crippen LogP contribution in [0.1, 0.15) is 59.6 Å². The highest BCUT2D eigenvalue weighted by atomic mass is 16.6. The van der Waals surface area contributed by atoms with Crippen LogP contribution in [0.25, 0.3) is 0 Å². The van der Waals surface area contributed by atoms with Crippen molar-refractivity contribution in [1.82, 2.24) is 4.90 Å². The van der Waals surface area contributed by atoms with E-state index in [1.807, 2.05) is 42.5 Å². The molecule has 4 rings (SSSR count). The fourth-order valence-corrected chi connectivity index (χ4v) is 4.31. The van der Waals surface area contributed by atoms with E-state index in [0.29, 0.717) is 24.4 Å². The largest absolute Gasteiger partial charge is 0.465 e. The van der Waals surface area contributed by atoms with Gasteiger partial charge in [0.2, 0.25) is 0 Å². The molecule has 2 aromatic rings. The van der Waals surface area contributed by atoms with Gasteiger partial charge in [-0.2, -0.15) is 0 Å². The van der Waals surface area contributed by atoms with Crippen LogP contribution in [-0.4, -0.2) is 43.3 Å². The van der Waals surface area contributed by atoms with Crippen LogP contribution in [0, 0.1) is 5.92 Å². The van der Waals surface area contributed by atoms with E-state index in [2.05, 4.69) is 0 Å². The first kappa shape index (κ1) is 22.3. The van der Waals surface area contributed by atoms with E-state index in [1.54, 1.807) is 17.0 Å². The van der Waals surface area contributed by atoms with E-state index in [0.717, 1.165) is 24.2 Å². The third-order valence-electron chi connectivity index (χ3n) is 6.50. The molecule has 0 aromatic heterocycles. The average molecular weight is 438 g/mol. The van der Waals surface area contributed by atoms with Crippen molar-refractivity contribution in [3.63, 3.8) is 0 Å². The fraction of sp³-hybridized carbons (Fsp3) is 0.462. The molecule has 2 atom stereocenters. The zero-order chi connectivity index (χ0) is 22.3. The lowest BCUT2D eigenvalue weighted by atomic mass is 9.86. The van der Waals surface area contributed by atoms with Gasteiger partial charge in [0, 0.05) is 13.2 Å². The molecule has 1 saturated carbocycles. The summed E-state index contributed by atoms with van der Waals surface area (Å²) in [6.45, 7) is 1.62. The van der Waals surface area contributed by atoms with Gasteiger partial charge in [-0.1, -0.05) is 48.9 Å². The molecule has 170 valence electrons. The molecule has 0 radical (unpaired) electrons. The summed E-state index contributed by atoms with van der Waals surface area (Å²) in [5.41, 5.74) is 2.41. The van der Waals surface area contributed by atoms with Crippen LogP contribution in [-0.2, 0) is 20.8 Å². The van der Waals surface area contributed by atoms with Crippen molar-refractivity contribution in [3.05, 3.63) is 71.3 Å². The summed E-state index contributed by atoms with van der Waals surface area (Å²) in [6.07, 6.45) is 5.10. The van der Waals surface area contributed by atoms with Crippen molar-refractivity contribution >= 4 is 12.1 Å². The molecule has 1 heterocycles. The van der Waals surface area contributed by atoms with E-state index in [9.17, 15) is 9.59 Å². The average Bonchev–Trinajstić information content (AvgIpc) is 2.81. The Labute approximate surface area is 189 Å². The molecule has 1 saturated heterocycles. The van der Waals surface area contributed by atoms with Gasteiger partial charge in [-0.15, -0.1) is 0 Å². The van der Waals surface area contributed by atoms with Crippen LogP contribution >= 0.6 is 0 Å². The summed E-state index contributed by atoms with van der Waals surface area (Å²) in [4.78, 5) is 26.6. The molecule has 0 bridgehead atoms. The first-order chi connectivity index (χ1) is 15.6. The number of methoxy groups -OCH3 is 1. The molecule has 1 amide bonds. The van der Waals surface area contributed by atoms with Gasteiger partial charge in [-0.25, -0.2) is 9.59 Å². The molecule has 1 aliphatic heterocycles. The first-order valence-electron chi connectivity index (χ1n) is 11.4. The minimum absolute atomic E-state index is 0.110. The number of hydrogen-bond donors (Lipinski definition) is 0. The highest BCUT2D eigenvalue weighted by Gasteiger charge is 2.35. The summed E-state index contributed by atoms with van der Waals surface area (Å²) in [7, 11) is 1.37. The Morgan fingerprint density at radius 2 is 1.75 bits per heavy atom. The van der Waals surface area contributed by atoms with Crippen molar-refractivity contribution in [2.24, 2.45) is 5.92 Å². The van der Waals surface area contributed by atoms with Gasteiger partial charge >= 0.3 is 12.1 Å². The number of nitrogens with zero attached hydrogens (tertiary/aromatic N) is 1. The Balaban J connectivity index is 1.45. The molecule has 0 spiro atoms. The Hall–Kier alpha value is -2.86. The van der Waals surface area contributed by atoms with E-state index >= 15 is 0 Å². The number of likely N-dealkylation sites (tertiary alicyclic amines) is 1. The van der Waals surface area contributed by atoms with Crippen LogP contribution in [0.2, 0.25) is 0 Å². The maximum absolute atomic E-state index is 13.0. The Kier molecular flexibility index (Phi) is 7.43. The second-order valence-electron chi connectivity index (χ2n) is 8.64. The van der Waals surface area contributed by atoms with Crippen molar-refractivity contribution in [3.8, 4) is 0 Å². The highest BCUT2D eigenvalue weighted by Crippen LogP contribution is 2.35. The standard InChI is InChI=1S/C26H31NO5/c1-30-25(28)22-12-10-21(11-13-22)24-16-23(31-17-20-8-5-9-20)14-15-27(24)26(29)32-18-19-6-3-2-4-7-19/h2-4,6-7,10-13,20,23-24H,5,8-9,14-18H2,1H3/t23-,24-/m0/s1. The van der Waals surface area contributed by atoms with Crippen LogP contribution in [0.15, 0.2) is 54.6 Å². The molecule has 6 nitrogen and oxygen atoms in total. The fourth-order valence-electron chi connectivity index (χ4n) is 4.31. The third kappa shape index (κ3) is 5.49. The number of esters is 1. The lowest BCUT2D eigenvalue weighted by molar-refractivity contribution is -0.0383. The third-order valence-corrected chi connectivity index (χ3v) is 6.50. The lowest BCUT2D eigenvalue weighted by Gasteiger charge is -2.39. The van der Waals surface area contributed by atoms with Gasteiger partial charge in [0.05, 0.1) is 24.8 Å². The molecule has 0 N–H and O–H groups in total. The zero-order valence-electron chi connectivity index (χ0n) is 18.6. The molecule has 2 fully saturated rings. The number of hydrogen-bond acceptors (Lipinski definition) is 5. The van der Waals surface area contributed by atoms with E-state index < -0.39 is 0 Å². The van der Waals surface area contributed by atoms with Crippen molar-refractivity contribution in [2.75, 3.05) is 20.3 Å². The van der Waals surface area contributed by atoms with Crippen LogP contribution < -0.4 is 0 Å². The predicted octanol–water partition coefficient (Wildman–Crippen LogP) is 5.13. The van der Waals surface area contributed by atoms with Gasteiger partial charge in [0.25, 0.3) is 0 Å². The second kappa shape index (κ2) is 10.6. The Morgan fingerprint density at radius 1 is 1.00 bits per heavy atom. The number of carbonyl (C=O) groups excluding carboxylic acids is 2. The van der Waals surface area contributed by atoms with E-state index in [-0.39, 0.29) is 30.8 Å². The molecular formula is C26H31NO5. The Bertz CT molecular complexity index is 894. The summed E-state index contributed by atoms with van der Waals surface area (Å²) in [5.74, 6) is 0.308. The smallest absolute Gasteiger partial charge is 0.410 e. The summed E-state index contributed by atoms with van der Waals surface area (Å²) in [6, 6.07) is 16.8. The molecule has 6 heteroatoms. The highest BCUT2D eigenvalue weighted by molar-refractivity contribution is 5.89. The van der Waals surface area contributed by atoms with E-state index in [4.69, 9.17) is 14.2 Å². The maximum Gasteiger partial charge on any atom is 0.410 e. The quantitative estimate of drug-likeness (QED) is 0.562. The molecule has 0 unspecified atom stereocenters. The molecule has 1 aliphatic carbocycles. The summed E-state index contributed by atoms with van der Waals surface area (Å²) in [5, 5.41) is 0. The molecule has 2 aromatic carbocycles. The zero-order valence-corrected chi connectivity index (χ0v) is 18.6. The van der Waals surface area contributed by atoms with Crippen molar-refractivity contribution in [1.29, 1.82) is 0 Å². The second-order valence-corrected chi connectivity index (χ2v) is 8.64. The molecule has 2 aliphatic rings. The summed E-state index contributed by atoms with van der Waals surface area (Å²) >= 11 is 0. The van der Waals surface area contributed by atoms with Gasteiger partial charge < -0.3 is 19.1 Å². The van der Waals surface area contributed by atoms with Gasteiger partial charge in [-0.3, -0.25) is 0 Å². The number of amides is 1. The molecule has 32 heavy (non-hydrogen) atoms. The summed E-state index contributed by atoms with van der Waals surface area (Å²) < 4.78 is 16.7. The number of ether oxygens (including phenoxy) is 3. The number of rotatable bonds is 7. The van der Waals surface area contributed by atoms with Crippen molar-refractivity contribution < 1.29 is 23.8 Å². The van der Waals surface area contributed by atoms with Crippen molar-refractivity contribution in [2.45, 2.75) is 50.9 Å². The Morgan fingerprint density at radius 3 is 2.41 bits per heavy atom. The lowest BCUT2D eigenvalue weighted by Crippen LogP contribution is -2.44. The monoisotopic (exact) mass is 437 g/mol. The van der Waals surface area contributed by atoms with Gasteiger partial charge in [0.15, 0.2) is 0 Å². The number of benzene rings is 2. The van der Waals surface area contributed by atoms with Crippen LogP contribution in [0.3, 0.4) is 0 Å². The van der Waals surface area contributed by atoms with E-state index in [1.165, 1.54) is 26.4 Å². The molecular weight excluding hydrogens is 406 g/mol. The first-order valence-corrected chi connectivity index (χ1v) is 11.4. The van der Waals surface area contributed by atoms with Crippen LogP contribution in [0.4, 0.5) is 4.79 Å². The van der Waals surface area contributed by atoms with Gasteiger partial charge in [-0.05, 0) is 54.9 Å².